The van der Waals surface area contributed by atoms with Crippen LogP contribution in [-0.2, 0) is 5.41 Å². The summed E-state index contributed by atoms with van der Waals surface area (Å²) < 4.78 is 0. The van der Waals surface area contributed by atoms with E-state index in [0.29, 0.717) is 5.41 Å². The van der Waals surface area contributed by atoms with E-state index in [9.17, 15) is 15.4 Å². The van der Waals surface area contributed by atoms with Crippen molar-refractivity contribution in [3.8, 4) is 6.07 Å². The lowest BCUT2D eigenvalue weighted by Crippen LogP contribution is -2.48. The molecule has 4 heteroatoms. The van der Waals surface area contributed by atoms with Gasteiger partial charge in [-0.15, -0.1) is 0 Å². The fourth-order valence-corrected chi connectivity index (χ4v) is 4.02. The van der Waals surface area contributed by atoms with Gasteiger partial charge in [-0.05, 0) is 36.7 Å². The second-order valence-corrected chi connectivity index (χ2v) is 6.35. The molecule has 0 aliphatic heterocycles. The Hall–Kier alpha value is -1.89. The van der Waals surface area contributed by atoms with Crippen LogP contribution < -0.4 is 0 Å². The smallest absolute Gasteiger partial charge is 0.258 e. The molecule has 0 N–H and O–H groups in total. The quantitative estimate of drug-likeness (QED) is 0.560. The highest BCUT2D eigenvalue weighted by Gasteiger charge is 2.54. The molecule has 2 rings (SSSR count). The van der Waals surface area contributed by atoms with Crippen molar-refractivity contribution in [1.29, 1.82) is 5.26 Å². The number of rotatable bonds is 6. The summed E-state index contributed by atoms with van der Waals surface area (Å²) in [6, 6.07) is 9.00. The van der Waals surface area contributed by atoms with E-state index >= 15 is 0 Å². The average molecular weight is 286 g/mol. The van der Waals surface area contributed by atoms with Gasteiger partial charge < -0.3 is 0 Å². The number of nitro benzene ring substituents is 1. The third-order valence-corrected chi connectivity index (χ3v) is 4.76. The summed E-state index contributed by atoms with van der Waals surface area (Å²) in [4.78, 5) is 10.3. The molecule has 0 heterocycles. The maximum absolute atomic E-state index is 10.7. The highest BCUT2D eigenvalue weighted by atomic mass is 16.6. The van der Waals surface area contributed by atoms with Gasteiger partial charge in [0.1, 0.15) is 0 Å². The van der Waals surface area contributed by atoms with E-state index in [1.165, 1.54) is 12.1 Å². The Bertz CT molecular complexity index is 543. The Labute approximate surface area is 125 Å². The lowest BCUT2D eigenvalue weighted by atomic mass is 9.48. The number of benzene rings is 1. The molecular weight excluding hydrogens is 264 g/mol. The second-order valence-electron chi connectivity index (χ2n) is 6.35. The van der Waals surface area contributed by atoms with Crippen LogP contribution in [0.3, 0.4) is 0 Å². The van der Waals surface area contributed by atoms with E-state index in [4.69, 9.17) is 0 Å². The van der Waals surface area contributed by atoms with E-state index in [1.54, 1.807) is 12.1 Å². The Balaban J connectivity index is 2.21. The normalized spacial score (nSPS) is 18.5. The number of nitriles is 1. The molecule has 0 amide bonds. The van der Waals surface area contributed by atoms with Crippen LogP contribution in [0.5, 0.6) is 0 Å². The van der Waals surface area contributed by atoms with Gasteiger partial charge in [0.15, 0.2) is 0 Å². The van der Waals surface area contributed by atoms with Crippen molar-refractivity contribution in [3.63, 3.8) is 0 Å². The predicted octanol–water partition coefficient (Wildman–Crippen LogP) is 4.74. The topological polar surface area (TPSA) is 66.9 Å². The summed E-state index contributed by atoms with van der Waals surface area (Å²) in [6.45, 7) is 4.38. The van der Waals surface area contributed by atoms with E-state index in [0.717, 1.165) is 44.1 Å². The van der Waals surface area contributed by atoms with Crippen LogP contribution in [-0.4, -0.2) is 4.92 Å². The zero-order chi connectivity index (χ0) is 15.5. The van der Waals surface area contributed by atoms with Gasteiger partial charge in [-0.2, -0.15) is 5.26 Å². The summed E-state index contributed by atoms with van der Waals surface area (Å²) in [5, 5.41) is 20.4. The largest absolute Gasteiger partial charge is 0.269 e. The molecule has 0 spiro atoms. The molecule has 0 radical (unpaired) electrons. The van der Waals surface area contributed by atoms with E-state index in [1.807, 2.05) is 0 Å². The highest BCUT2D eigenvalue weighted by molar-refractivity contribution is 5.42. The minimum atomic E-state index is -0.445. The number of hydrogen-bond donors (Lipinski definition) is 0. The molecule has 1 aliphatic rings. The molecule has 0 atom stereocenters. The van der Waals surface area contributed by atoms with Gasteiger partial charge >= 0.3 is 0 Å². The third-order valence-electron chi connectivity index (χ3n) is 4.76. The summed E-state index contributed by atoms with van der Waals surface area (Å²) in [5.41, 5.74) is 0.860. The number of hydrogen-bond acceptors (Lipinski definition) is 3. The number of nitro groups is 1. The summed E-state index contributed by atoms with van der Waals surface area (Å²) in [5.74, 6) is 0. The second kappa shape index (κ2) is 5.85. The highest BCUT2D eigenvalue weighted by Crippen LogP contribution is 2.60. The van der Waals surface area contributed by atoms with Crippen LogP contribution in [0.15, 0.2) is 24.3 Å². The Morgan fingerprint density at radius 1 is 1.19 bits per heavy atom. The van der Waals surface area contributed by atoms with E-state index in [2.05, 4.69) is 19.9 Å². The van der Waals surface area contributed by atoms with Gasteiger partial charge in [0.2, 0.25) is 0 Å². The van der Waals surface area contributed by atoms with Crippen molar-refractivity contribution in [3.05, 3.63) is 39.9 Å². The molecule has 0 unspecified atom stereocenters. The molecule has 0 aromatic heterocycles. The van der Waals surface area contributed by atoms with Crippen LogP contribution in [0.4, 0.5) is 5.69 Å². The van der Waals surface area contributed by atoms with Gasteiger partial charge in [-0.3, -0.25) is 10.1 Å². The fourth-order valence-electron chi connectivity index (χ4n) is 4.02. The fraction of sp³-hybridized carbons (Fsp3) is 0.588. The zero-order valence-electron chi connectivity index (χ0n) is 12.8. The SMILES string of the molecule is CCCC1(CCC)CC(C#N)(c2ccc([N+](=O)[O-])cc2)C1. The molecule has 1 aromatic rings. The van der Waals surface area contributed by atoms with Gasteiger partial charge in [0.25, 0.3) is 5.69 Å². The van der Waals surface area contributed by atoms with Crippen molar-refractivity contribution in [2.45, 2.75) is 57.8 Å². The van der Waals surface area contributed by atoms with Crippen LogP contribution in [0.1, 0.15) is 57.9 Å². The Morgan fingerprint density at radius 3 is 2.10 bits per heavy atom. The third kappa shape index (κ3) is 2.78. The van der Waals surface area contributed by atoms with Gasteiger partial charge in [-0.1, -0.05) is 38.8 Å². The monoisotopic (exact) mass is 286 g/mol. The van der Waals surface area contributed by atoms with Crippen LogP contribution >= 0.6 is 0 Å². The van der Waals surface area contributed by atoms with Crippen molar-refractivity contribution < 1.29 is 4.92 Å². The first-order valence-corrected chi connectivity index (χ1v) is 7.67. The molecule has 112 valence electrons. The lowest BCUT2D eigenvalue weighted by Gasteiger charge is -2.53. The predicted molar refractivity (Wildman–Crippen MR) is 81.9 cm³/mol. The van der Waals surface area contributed by atoms with Crippen molar-refractivity contribution in [2.75, 3.05) is 0 Å². The average Bonchev–Trinajstić information content (AvgIpc) is 2.44. The number of non-ortho nitro benzene ring substituents is 1. The molecule has 1 saturated carbocycles. The van der Waals surface area contributed by atoms with Gasteiger partial charge in [-0.25, -0.2) is 0 Å². The number of nitrogens with zero attached hydrogens (tertiary/aromatic N) is 2. The van der Waals surface area contributed by atoms with Crippen LogP contribution in [0.25, 0.3) is 0 Å². The first-order valence-electron chi connectivity index (χ1n) is 7.67. The minimum absolute atomic E-state index is 0.0829. The van der Waals surface area contributed by atoms with Crippen LogP contribution in [0, 0.1) is 26.9 Å². The Kier molecular flexibility index (Phi) is 4.32. The van der Waals surface area contributed by atoms with Gasteiger partial charge in [0.05, 0.1) is 16.4 Å². The molecule has 1 aliphatic carbocycles. The molecular formula is C17H22N2O2. The molecule has 1 fully saturated rings. The van der Waals surface area contributed by atoms with E-state index in [-0.39, 0.29) is 5.69 Å². The standard InChI is InChI=1S/C17H22N2O2/c1-3-9-16(10-4-2)11-17(12-16,13-18)14-5-7-15(8-6-14)19(20)21/h5-8H,3-4,9-12H2,1-2H3. The van der Waals surface area contributed by atoms with Crippen molar-refractivity contribution in [1.82, 2.24) is 0 Å². The summed E-state index contributed by atoms with van der Waals surface area (Å²) >= 11 is 0. The minimum Gasteiger partial charge on any atom is -0.258 e. The molecule has 4 nitrogen and oxygen atoms in total. The maximum atomic E-state index is 10.7. The first-order chi connectivity index (χ1) is 10.0. The molecule has 1 aromatic carbocycles. The zero-order valence-corrected chi connectivity index (χ0v) is 12.8. The maximum Gasteiger partial charge on any atom is 0.269 e. The first kappa shape index (κ1) is 15.5. The summed E-state index contributed by atoms with van der Waals surface area (Å²) in [6.07, 6.45) is 6.38. The van der Waals surface area contributed by atoms with E-state index < -0.39 is 10.3 Å². The molecule has 0 saturated heterocycles. The van der Waals surface area contributed by atoms with Crippen LogP contribution in [0.2, 0.25) is 0 Å². The lowest BCUT2D eigenvalue weighted by molar-refractivity contribution is -0.384. The Morgan fingerprint density at radius 2 is 1.71 bits per heavy atom. The molecule has 0 bridgehead atoms. The van der Waals surface area contributed by atoms with Crippen molar-refractivity contribution in [2.24, 2.45) is 5.41 Å². The summed E-state index contributed by atoms with van der Waals surface area (Å²) in [7, 11) is 0. The van der Waals surface area contributed by atoms with Gasteiger partial charge in [0, 0.05) is 12.1 Å². The van der Waals surface area contributed by atoms with Crippen molar-refractivity contribution >= 4 is 5.69 Å². The molecule has 21 heavy (non-hydrogen) atoms.